The summed E-state index contributed by atoms with van der Waals surface area (Å²) in [7, 11) is -4.63. The van der Waals surface area contributed by atoms with Crippen LogP contribution < -0.4 is 19.7 Å². The molecule has 16 nitrogen and oxygen atoms in total. The Kier molecular flexibility index (Phi) is 11.8. The standard InChI is InChI=1S/C49H58N8O8S/c1-31-29-64-30-43(40-6-4-3-5-39(40)33-7-8-33)56(31)36-24-49(25-36)16-19-55(20-17-49)35-9-10-41(44(22-35)65-37-21-34-13-18-50-45(34)52-27-37)47(58)54-66(62,63)38-23-42(57(60)61)46(53-28-38)51-26-32-11-14-48(2,59)15-12-32/h3-6,9-10,13,18,21-23,27-28,31-33,36,43,59H,7-8,11-12,14-17,19-20,24-26,29-30H2,1-2H3,(H,50,52)(H,51,53)(H,54,58)/t31?,32-,43-,48-/m1/s1. The third-order valence-corrected chi connectivity index (χ3v) is 16.3. The molecule has 5 heterocycles. The Morgan fingerprint density at radius 2 is 1.74 bits per heavy atom. The van der Waals surface area contributed by atoms with Gasteiger partial charge < -0.3 is 29.8 Å². The number of ether oxygens (including phenoxy) is 2. The molecule has 2 atom stereocenters. The van der Waals surface area contributed by atoms with Crippen LogP contribution in [0.15, 0.2) is 84.1 Å². The molecule has 66 heavy (non-hydrogen) atoms. The molecular formula is C49H58N8O8S. The third-order valence-electron chi connectivity index (χ3n) is 15.0. The first-order valence-electron chi connectivity index (χ1n) is 23.3. The monoisotopic (exact) mass is 918 g/mol. The molecule has 2 aromatic carbocycles. The van der Waals surface area contributed by atoms with E-state index >= 15 is 0 Å². The van der Waals surface area contributed by atoms with Crippen molar-refractivity contribution < 1.29 is 32.7 Å². The number of hydrogen-bond acceptors (Lipinski definition) is 13. The molecule has 348 valence electrons. The van der Waals surface area contributed by atoms with Crippen LogP contribution in [0.2, 0.25) is 0 Å². The van der Waals surface area contributed by atoms with Crippen LogP contribution in [0.5, 0.6) is 11.5 Å². The van der Waals surface area contributed by atoms with E-state index in [9.17, 15) is 28.4 Å². The number of pyridine rings is 2. The van der Waals surface area contributed by atoms with Crippen LogP contribution in [0.4, 0.5) is 17.2 Å². The molecule has 3 aliphatic carbocycles. The van der Waals surface area contributed by atoms with Crippen molar-refractivity contribution in [3.63, 3.8) is 0 Å². The van der Waals surface area contributed by atoms with E-state index in [4.69, 9.17) is 9.47 Å². The van der Waals surface area contributed by atoms with Gasteiger partial charge in [0, 0.05) is 61.1 Å². The summed E-state index contributed by atoms with van der Waals surface area (Å²) in [5.74, 6) is 0.275. The number of rotatable bonds is 13. The molecule has 3 saturated carbocycles. The fourth-order valence-corrected chi connectivity index (χ4v) is 11.9. The second-order valence-electron chi connectivity index (χ2n) is 19.7. The molecule has 2 aliphatic heterocycles. The van der Waals surface area contributed by atoms with Gasteiger partial charge in [0.1, 0.15) is 22.0 Å². The Morgan fingerprint density at radius 3 is 2.48 bits per heavy atom. The molecule has 2 saturated heterocycles. The molecule has 1 amide bonds. The number of morpholine rings is 1. The Balaban J connectivity index is 0.840. The van der Waals surface area contributed by atoms with Crippen LogP contribution in [-0.4, -0.2) is 94.7 Å². The van der Waals surface area contributed by atoms with Gasteiger partial charge in [-0.3, -0.25) is 19.8 Å². The molecular weight excluding hydrogens is 861 g/mol. The number of H-pyrrole nitrogens is 1. The number of nitrogens with zero attached hydrogens (tertiary/aromatic N) is 5. The van der Waals surface area contributed by atoms with E-state index in [-0.39, 0.29) is 34.5 Å². The van der Waals surface area contributed by atoms with Gasteiger partial charge in [-0.15, -0.1) is 0 Å². The number of carbonyl (C=O) groups is 1. The molecule has 1 unspecified atom stereocenters. The highest BCUT2D eigenvalue weighted by Crippen LogP contribution is 2.54. The molecule has 1 spiro atoms. The number of piperidine rings is 1. The van der Waals surface area contributed by atoms with Crippen LogP contribution >= 0.6 is 0 Å². The average molecular weight is 919 g/mol. The molecule has 17 heteroatoms. The quantitative estimate of drug-likeness (QED) is 0.0650. The van der Waals surface area contributed by atoms with Crippen LogP contribution in [0.3, 0.4) is 0 Å². The predicted octanol–water partition coefficient (Wildman–Crippen LogP) is 8.22. The first kappa shape index (κ1) is 44.2. The van der Waals surface area contributed by atoms with Crippen molar-refractivity contribution in [1.82, 2.24) is 24.6 Å². The van der Waals surface area contributed by atoms with Crippen molar-refractivity contribution in [1.29, 1.82) is 0 Å². The van der Waals surface area contributed by atoms with Crippen molar-refractivity contribution in [3.05, 3.63) is 106 Å². The second kappa shape index (κ2) is 17.6. The fourth-order valence-electron chi connectivity index (χ4n) is 11.0. The summed E-state index contributed by atoms with van der Waals surface area (Å²) >= 11 is 0. The van der Waals surface area contributed by atoms with Crippen LogP contribution in [0, 0.1) is 21.4 Å². The number of nitrogens with one attached hydrogen (secondary N) is 3. The number of aromatic amines is 1. The highest BCUT2D eigenvalue weighted by atomic mass is 32.2. The zero-order chi connectivity index (χ0) is 45.8. The summed E-state index contributed by atoms with van der Waals surface area (Å²) in [5.41, 5.74) is 3.37. The van der Waals surface area contributed by atoms with Gasteiger partial charge in [0.25, 0.3) is 15.9 Å². The zero-order valence-corrected chi connectivity index (χ0v) is 38.3. The Hall–Kier alpha value is -5.62. The highest BCUT2D eigenvalue weighted by molar-refractivity contribution is 7.90. The van der Waals surface area contributed by atoms with Crippen molar-refractivity contribution in [2.45, 2.75) is 113 Å². The lowest BCUT2D eigenvalue weighted by Gasteiger charge is -2.59. The fraction of sp³-hybridized carbons (Fsp3) is 0.490. The van der Waals surface area contributed by atoms with E-state index in [2.05, 4.69) is 66.0 Å². The molecule has 10 rings (SSSR count). The third kappa shape index (κ3) is 9.09. The number of nitro groups is 1. The maximum atomic E-state index is 14.0. The van der Waals surface area contributed by atoms with E-state index in [0.29, 0.717) is 48.8 Å². The molecule has 0 radical (unpaired) electrons. The van der Waals surface area contributed by atoms with Gasteiger partial charge in [0.2, 0.25) is 5.82 Å². The van der Waals surface area contributed by atoms with Gasteiger partial charge in [-0.05, 0) is 131 Å². The topological polar surface area (TPSA) is 205 Å². The van der Waals surface area contributed by atoms with Crippen LogP contribution in [-0.2, 0) is 14.8 Å². The number of sulfonamides is 1. The maximum absolute atomic E-state index is 14.0. The van der Waals surface area contributed by atoms with E-state index in [1.165, 1.54) is 30.2 Å². The van der Waals surface area contributed by atoms with Gasteiger partial charge in [-0.1, -0.05) is 24.3 Å². The molecule has 5 aliphatic rings. The lowest BCUT2D eigenvalue weighted by molar-refractivity contribution is -0.384. The van der Waals surface area contributed by atoms with Crippen molar-refractivity contribution in [3.8, 4) is 11.5 Å². The minimum absolute atomic E-state index is 0.0449. The van der Waals surface area contributed by atoms with Gasteiger partial charge in [-0.25, -0.2) is 23.1 Å². The number of fused-ring (bicyclic) bond motifs is 1. The zero-order valence-electron chi connectivity index (χ0n) is 37.4. The number of carbonyl (C=O) groups excluding carboxylic acids is 1. The first-order valence-corrected chi connectivity index (χ1v) is 24.8. The summed E-state index contributed by atoms with van der Waals surface area (Å²) in [6, 6.07) is 19.7. The number of benzene rings is 2. The van der Waals surface area contributed by atoms with Gasteiger partial charge >= 0.3 is 5.69 Å². The predicted molar refractivity (Wildman–Crippen MR) is 249 cm³/mol. The summed E-state index contributed by atoms with van der Waals surface area (Å²) in [6.45, 7) is 7.58. The van der Waals surface area contributed by atoms with E-state index in [0.717, 1.165) is 88.2 Å². The minimum atomic E-state index is -4.63. The number of aliphatic hydroxyl groups is 1. The molecule has 3 aromatic heterocycles. The first-order chi connectivity index (χ1) is 31.7. The summed E-state index contributed by atoms with van der Waals surface area (Å²) in [5, 5.41) is 26.2. The van der Waals surface area contributed by atoms with Crippen molar-refractivity contribution >= 4 is 44.2 Å². The SMILES string of the molecule is CC1COC[C@H](c2ccccc2C2CC2)N1C1CC2(CCN(c3ccc(C(=O)NS(=O)(=O)c4cnc(NC[C@H]5CC[C@](C)(O)CC5)c([N+](=O)[O-])c4)c(Oc4cnc5[nH]ccc5c4)c3)CC2)C1. The Morgan fingerprint density at radius 1 is 0.985 bits per heavy atom. The number of anilines is 2. The second-order valence-corrected chi connectivity index (χ2v) is 21.4. The largest absolute Gasteiger partial charge is 0.455 e. The van der Waals surface area contributed by atoms with Gasteiger partial charge in [0.15, 0.2) is 0 Å². The van der Waals surface area contributed by atoms with Crippen molar-refractivity contribution in [2.75, 3.05) is 43.1 Å². The van der Waals surface area contributed by atoms with E-state index < -0.39 is 37.0 Å². The minimum Gasteiger partial charge on any atom is -0.455 e. The van der Waals surface area contributed by atoms with E-state index in [1.807, 2.05) is 6.07 Å². The lowest BCUT2D eigenvalue weighted by Crippen LogP contribution is -2.60. The molecule has 5 aromatic rings. The summed E-state index contributed by atoms with van der Waals surface area (Å²) in [4.78, 5) is 41.6. The number of aromatic nitrogens is 3. The summed E-state index contributed by atoms with van der Waals surface area (Å²) < 4.78 is 42.1. The van der Waals surface area contributed by atoms with Gasteiger partial charge in [-0.2, -0.15) is 0 Å². The lowest BCUT2D eigenvalue weighted by atomic mass is 9.59. The Bertz CT molecular complexity index is 2730. The number of hydrogen-bond donors (Lipinski definition) is 4. The van der Waals surface area contributed by atoms with Crippen LogP contribution in [0.25, 0.3) is 11.0 Å². The number of amides is 1. The molecule has 5 fully saturated rings. The maximum Gasteiger partial charge on any atom is 0.312 e. The highest BCUT2D eigenvalue weighted by Gasteiger charge is 2.51. The Labute approximate surface area is 384 Å². The molecule has 0 bridgehead atoms. The molecule has 4 N–H and O–H groups in total. The van der Waals surface area contributed by atoms with Gasteiger partial charge in [0.05, 0.1) is 47.7 Å². The average Bonchev–Trinajstić information content (AvgIpc) is 4.04. The van der Waals surface area contributed by atoms with E-state index in [1.54, 1.807) is 37.4 Å². The van der Waals surface area contributed by atoms with Crippen molar-refractivity contribution in [2.24, 2.45) is 11.3 Å². The normalized spacial score (nSPS) is 24.8. The van der Waals surface area contributed by atoms with Crippen LogP contribution in [0.1, 0.15) is 112 Å². The smallest absolute Gasteiger partial charge is 0.312 e. The summed E-state index contributed by atoms with van der Waals surface area (Å²) in [6.07, 6.45) is 13.9.